The van der Waals surface area contributed by atoms with Crippen molar-refractivity contribution in [3.05, 3.63) is 23.8 Å². The van der Waals surface area contributed by atoms with Gasteiger partial charge in [-0.05, 0) is 24.6 Å². The predicted octanol–water partition coefficient (Wildman–Crippen LogP) is -0.187. The molecule has 6 N–H and O–H groups in total. The highest BCUT2D eigenvalue weighted by Crippen LogP contribution is 2.21. The zero-order valence-corrected chi connectivity index (χ0v) is 9.95. The fourth-order valence-corrected chi connectivity index (χ4v) is 1.33. The molecule has 17 heavy (non-hydrogen) atoms. The highest BCUT2D eigenvalue weighted by atomic mass is 16.3. The van der Waals surface area contributed by atoms with E-state index in [-0.39, 0.29) is 13.2 Å². The van der Waals surface area contributed by atoms with Crippen LogP contribution in [-0.4, -0.2) is 36.5 Å². The van der Waals surface area contributed by atoms with Crippen LogP contribution in [0.3, 0.4) is 0 Å². The van der Waals surface area contributed by atoms with E-state index >= 15 is 0 Å². The van der Waals surface area contributed by atoms with Crippen LogP contribution in [0.1, 0.15) is 5.56 Å². The molecule has 0 saturated heterocycles. The Labute approximate surface area is 101 Å². The highest BCUT2D eigenvalue weighted by molar-refractivity contribution is 5.64. The molecule has 0 aliphatic rings. The first kappa shape index (κ1) is 13.7. The fraction of sp³-hybridized carbons (Fsp3) is 0.455. The maximum Gasteiger partial charge on any atom is 0.0574 e. The molecule has 0 heterocycles. The summed E-state index contributed by atoms with van der Waals surface area (Å²) in [5.74, 6) is 0. The molecule has 0 spiro atoms. The minimum atomic E-state index is 0.0854. The van der Waals surface area contributed by atoms with Gasteiger partial charge in [0.1, 0.15) is 0 Å². The van der Waals surface area contributed by atoms with E-state index in [1.165, 1.54) is 0 Å². The first-order chi connectivity index (χ1) is 8.29. The summed E-state index contributed by atoms with van der Waals surface area (Å²) in [5.41, 5.74) is 14.8. The van der Waals surface area contributed by atoms with Gasteiger partial charge in [-0.25, -0.2) is 10.9 Å². The molecular formula is C11H20N4O2. The first-order valence-corrected chi connectivity index (χ1v) is 5.58. The number of hydrogen-bond donors (Lipinski definition) is 6. The molecule has 0 aliphatic carbocycles. The third-order valence-electron chi connectivity index (χ3n) is 2.25. The largest absolute Gasteiger partial charge is 0.395 e. The van der Waals surface area contributed by atoms with E-state index in [9.17, 15) is 0 Å². The molecule has 6 nitrogen and oxygen atoms in total. The summed E-state index contributed by atoms with van der Waals surface area (Å²) < 4.78 is 0. The molecule has 1 rings (SSSR count). The summed E-state index contributed by atoms with van der Waals surface area (Å²) in [5, 5.41) is 17.3. The van der Waals surface area contributed by atoms with Gasteiger partial charge in [0.25, 0.3) is 0 Å². The summed E-state index contributed by atoms with van der Waals surface area (Å²) in [6.45, 7) is 3.12. The lowest BCUT2D eigenvalue weighted by molar-refractivity contribution is 0.296. The van der Waals surface area contributed by atoms with E-state index in [2.05, 4.69) is 21.7 Å². The van der Waals surface area contributed by atoms with Crippen LogP contribution in [0.25, 0.3) is 0 Å². The van der Waals surface area contributed by atoms with Crippen molar-refractivity contribution in [2.45, 2.75) is 6.92 Å². The Morgan fingerprint density at radius 1 is 0.941 bits per heavy atom. The lowest BCUT2D eigenvalue weighted by atomic mass is 10.1. The Kier molecular flexibility index (Phi) is 6.34. The first-order valence-electron chi connectivity index (χ1n) is 5.58. The molecule has 0 aromatic heterocycles. The standard InChI is InChI=1S/C11H20N4O2/c1-9-10(14-12-5-7-16)3-2-4-11(9)15-13-6-8-17/h2-4,12-17H,5-8H2,1H3. The van der Waals surface area contributed by atoms with Crippen molar-refractivity contribution in [1.82, 2.24) is 10.9 Å². The SMILES string of the molecule is Cc1c(NNCCO)cccc1NNCCO. The second-order valence-corrected chi connectivity index (χ2v) is 3.53. The maximum absolute atomic E-state index is 8.66. The third kappa shape index (κ3) is 4.58. The molecule has 0 saturated carbocycles. The normalized spacial score (nSPS) is 10.3. The zero-order chi connectivity index (χ0) is 12.5. The molecule has 0 aliphatic heterocycles. The lowest BCUT2D eigenvalue weighted by Crippen LogP contribution is -2.27. The second-order valence-electron chi connectivity index (χ2n) is 3.53. The fourth-order valence-electron chi connectivity index (χ4n) is 1.33. The van der Waals surface area contributed by atoms with Gasteiger partial charge in [-0.1, -0.05) is 6.07 Å². The van der Waals surface area contributed by atoms with E-state index in [4.69, 9.17) is 10.2 Å². The summed E-state index contributed by atoms with van der Waals surface area (Å²) in [4.78, 5) is 0. The van der Waals surface area contributed by atoms with Crippen LogP contribution in [-0.2, 0) is 0 Å². The van der Waals surface area contributed by atoms with Gasteiger partial charge in [0.15, 0.2) is 0 Å². The molecule has 0 fully saturated rings. The van der Waals surface area contributed by atoms with Crippen LogP contribution in [0.2, 0.25) is 0 Å². The Morgan fingerprint density at radius 2 is 1.41 bits per heavy atom. The van der Waals surface area contributed by atoms with Gasteiger partial charge in [0.05, 0.1) is 24.6 Å². The zero-order valence-electron chi connectivity index (χ0n) is 9.95. The van der Waals surface area contributed by atoms with Crippen molar-refractivity contribution in [2.24, 2.45) is 0 Å². The highest BCUT2D eigenvalue weighted by Gasteiger charge is 2.02. The van der Waals surface area contributed by atoms with Gasteiger partial charge in [-0.2, -0.15) is 0 Å². The Morgan fingerprint density at radius 3 is 1.82 bits per heavy atom. The predicted molar refractivity (Wildman–Crippen MR) is 68.6 cm³/mol. The van der Waals surface area contributed by atoms with Gasteiger partial charge in [-0.3, -0.25) is 0 Å². The van der Waals surface area contributed by atoms with Gasteiger partial charge < -0.3 is 21.1 Å². The number of hydrogen-bond acceptors (Lipinski definition) is 6. The van der Waals surface area contributed by atoms with E-state index in [1.54, 1.807) is 0 Å². The minimum Gasteiger partial charge on any atom is -0.395 e. The van der Waals surface area contributed by atoms with E-state index < -0.39 is 0 Å². The lowest BCUT2D eigenvalue weighted by Gasteiger charge is -2.15. The van der Waals surface area contributed by atoms with Crippen molar-refractivity contribution in [1.29, 1.82) is 0 Å². The van der Waals surface area contributed by atoms with Crippen molar-refractivity contribution in [3.8, 4) is 0 Å². The van der Waals surface area contributed by atoms with Crippen LogP contribution < -0.4 is 21.7 Å². The average Bonchev–Trinajstić information content (AvgIpc) is 2.34. The van der Waals surface area contributed by atoms with Gasteiger partial charge in [-0.15, -0.1) is 0 Å². The smallest absolute Gasteiger partial charge is 0.0574 e. The van der Waals surface area contributed by atoms with E-state index in [1.807, 2.05) is 25.1 Å². The molecular weight excluding hydrogens is 220 g/mol. The summed E-state index contributed by atoms with van der Waals surface area (Å²) >= 11 is 0. The summed E-state index contributed by atoms with van der Waals surface area (Å²) in [7, 11) is 0. The molecule has 1 aromatic carbocycles. The quantitative estimate of drug-likeness (QED) is 0.279. The van der Waals surface area contributed by atoms with Crippen LogP contribution in [0.5, 0.6) is 0 Å². The molecule has 6 heteroatoms. The van der Waals surface area contributed by atoms with Crippen LogP contribution in [0, 0.1) is 6.92 Å². The van der Waals surface area contributed by atoms with E-state index in [0.29, 0.717) is 13.1 Å². The molecule has 0 atom stereocenters. The number of aliphatic hydroxyl groups is 2. The number of nitrogens with one attached hydrogen (secondary N) is 4. The Balaban J connectivity index is 2.56. The molecule has 1 aromatic rings. The Hall–Kier alpha value is -1.34. The van der Waals surface area contributed by atoms with Gasteiger partial charge >= 0.3 is 0 Å². The summed E-state index contributed by atoms with van der Waals surface area (Å²) in [6.07, 6.45) is 0. The number of aliphatic hydroxyl groups excluding tert-OH is 2. The molecule has 0 unspecified atom stereocenters. The van der Waals surface area contributed by atoms with Crippen molar-refractivity contribution in [2.75, 3.05) is 37.2 Å². The number of benzene rings is 1. The van der Waals surface area contributed by atoms with Crippen molar-refractivity contribution in [3.63, 3.8) is 0 Å². The summed E-state index contributed by atoms with van der Waals surface area (Å²) in [6, 6.07) is 5.80. The molecule has 96 valence electrons. The molecule has 0 amide bonds. The maximum atomic E-state index is 8.66. The third-order valence-corrected chi connectivity index (χ3v) is 2.25. The van der Waals surface area contributed by atoms with E-state index in [0.717, 1.165) is 16.9 Å². The number of anilines is 2. The second kappa shape index (κ2) is 7.86. The molecule has 0 radical (unpaired) electrons. The number of hydrazine groups is 2. The van der Waals surface area contributed by atoms with Gasteiger partial charge in [0.2, 0.25) is 0 Å². The molecule has 0 bridgehead atoms. The van der Waals surface area contributed by atoms with Crippen LogP contribution in [0.4, 0.5) is 11.4 Å². The minimum absolute atomic E-state index is 0.0854. The topological polar surface area (TPSA) is 88.6 Å². The van der Waals surface area contributed by atoms with Crippen LogP contribution >= 0.6 is 0 Å². The van der Waals surface area contributed by atoms with Crippen LogP contribution in [0.15, 0.2) is 18.2 Å². The van der Waals surface area contributed by atoms with Crippen molar-refractivity contribution >= 4 is 11.4 Å². The Bertz CT molecular complexity index is 305. The average molecular weight is 240 g/mol. The van der Waals surface area contributed by atoms with Gasteiger partial charge in [0, 0.05) is 13.1 Å². The number of rotatable bonds is 8. The monoisotopic (exact) mass is 240 g/mol. The van der Waals surface area contributed by atoms with Crippen molar-refractivity contribution < 1.29 is 10.2 Å².